The van der Waals surface area contributed by atoms with Crippen LogP contribution in [0.1, 0.15) is 17.4 Å². The lowest BCUT2D eigenvalue weighted by atomic mass is 10.2. The van der Waals surface area contributed by atoms with Gasteiger partial charge in [0.1, 0.15) is 6.61 Å². The van der Waals surface area contributed by atoms with Gasteiger partial charge in [-0.25, -0.2) is 0 Å². The van der Waals surface area contributed by atoms with Gasteiger partial charge in [0.15, 0.2) is 11.5 Å². The van der Waals surface area contributed by atoms with Gasteiger partial charge in [-0.1, -0.05) is 6.92 Å². The van der Waals surface area contributed by atoms with Crippen molar-refractivity contribution in [2.75, 3.05) is 13.7 Å². The van der Waals surface area contributed by atoms with Gasteiger partial charge in [0.2, 0.25) is 0 Å². The molecule has 0 amide bonds. The fourth-order valence-corrected chi connectivity index (χ4v) is 3.83. The maximum Gasteiger partial charge on any atom is 0.175 e. The Morgan fingerprint density at radius 1 is 1.24 bits per heavy atom. The summed E-state index contributed by atoms with van der Waals surface area (Å²) in [4.78, 5) is 1.15. The van der Waals surface area contributed by atoms with Crippen LogP contribution in [0.2, 0.25) is 0 Å². The molecule has 0 bridgehead atoms. The van der Waals surface area contributed by atoms with Crippen molar-refractivity contribution in [3.8, 4) is 11.5 Å². The highest BCUT2D eigenvalue weighted by Crippen LogP contribution is 2.38. The summed E-state index contributed by atoms with van der Waals surface area (Å²) in [6.07, 6.45) is 0. The lowest BCUT2D eigenvalue weighted by Gasteiger charge is -2.14. The third-order valence-corrected chi connectivity index (χ3v) is 5.40. The second-order valence-corrected chi connectivity index (χ2v) is 7.08. The van der Waals surface area contributed by atoms with E-state index < -0.39 is 0 Å². The number of thiophene rings is 1. The summed E-state index contributed by atoms with van der Waals surface area (Å²) in [6, 6.07) is 6.09. The highest BCUT2D eigenvalue weighted by Gasteiger charge is 2.13. The van der Waals surface area contributed by atoms with Crippen molar-refractivity contribution in [1.82, 2.24) is 5.32 Å². The molecule has 1 heterocycles. The topological polar surface area (TPSA) is 30.5 Å². The summed E-state index contributed by atoms with van der Waals surface area (Å²) in [5, 5.41) is 5.34. The van der Waals surface area contributed by atoms with E-state index in [1.54, 1.807) is 18.4 Å². The number of ether oxygens (including phenoxy) is 2. The van der Waals surface area contributed by atoms with E-state index >= 15 is 0 Å². The van der Waals surface area contributed by atoms with E-state index in [0.29, 0.717) is 6.61 Å². The third-order valence-electron chi connectivity index (χ3n) is 2.91. The Morgan fingerprint density at radius 3 is 2.67 bits per heavy atom. The minimum Gasteiger partial charge on any atom is -0.493 e. The van der Waals surface area contributed by atoms with Gasteiger partial charge in [-0.2, -0.15) is 0 Å². The van der Waals surface area contributed by atoms with Gasteiger partial charge in [0, 0.05) is 11.0 Å². The van der Waals surface area contributed by atoms with Gasteiger partial charge >= 0.3 is 0 Å². The molecule has 0 saturated heterocycles. The molecular formula is C15H17Br2NO2S. The molecular weight excluding hydrogens is 418 g/mol. The maximum absolute atomic E-state index is 5.93. The van der Waals surface area contributed by atoms with Crippen LogP contribution in [0.25, 0.3) is 0 Å². The molecule has 114 valence electrons. The number of hydrogen-bond acceptors (Lipinski definition) is 4. The minimum atomic E-state index is 0.514. The second-order valence-electron chi connectivity index (χ2n) is 4.37. The van der Waals surface area contributed by atoms with Gasteiger partial charge in [0.25, 0.3) is 0 Å². The molecule has 0 atom stereocenters. The molecule has 0 spiro atoms. The Bertz CT molecular complexity index is 601. The first-order valence-corrected chi connectivity index (χ1v) is 9.04. The van der Waals surface area contributed by atoms with E-state index in [2.05, 4.69) is 50.2 Å². The largest absolute Gasteiger partial charge is 0.493 e. The van der Waals surface area contributed by atoms with Crippen molar-refractivity contribution in [2.24, 2.45) is 0 Å². The summed E-state index contributed by atoms with van der Waals surface area (Å²) in [6.45, 7) is 4.34. The van der Waals surface area contributed by atoms with Crippen LogP contribution in [0.5, 0.6) is 11.5 Å². The molecule has 1 N–H and O–H groups in total. The van der Waals surface area contributed by atoms with Gasteiger partial charge in [-0.05, 0) is 67.5 Å². The monoisotopic (exact) mass is 433 g/mol. The molecule has 2 rings (SSSR count). The Labute approximate surface area is 145 Å². The molecule has 3 nitrogen and oxygen atoms in total. The normalized spacial score (nSPS) is 10.7. The standard InChI is InChI=1S/C15H17Br2NO2S/c1-3-18-8-10-6-12(17)15(13(7-10)19-2)20-9-14-11(16)4-5-21-14/h4-7,18H,3,8-9H2,1-2H3. The molecule has 0 radical (unpaired) electrons. The molecule has 0 fully saturated rings. The number of nitrogens with one attached hydrogen (secondary N) is 1. The van der Waals surface area contributed by atoms with Crippen LogP contribution in [-0.2, 0) is 13.2 Å². The van der Waals surface area contributed by atoms with E-state index in [-0.39, 0.29) is 0 Å². The van der Waals surface area contributed by atoms with Crippen LogP contribution in [-0.4, -0.2) is 13.7 Å². The second kappa shape index (κ2) is 8.17. The van der Waals surface area contributed by atoms with Crippen molar-refractivity contribution in [3.05, 3.63) is 43.0 Å². The number of rotatable bonds is 7. The zero-order valence-corrected chi connectivity index (χ0v) is 15.9. The predicted molar refractivity (Wildman–Crippen MR) is 94.4 cm³/mol. The van der Waals surface area contributed by atoms with Gasteiger partial charge in [-0.3, -0.25) is 0 Å². The molecule has 0 saturated carbocycles. The van der Waals surface area contributed by atoms with Crippen LogP contribution in [0.3, 0.4) is 0 Å². The fourth-order valence-electron chi connectivity index (χ4n) is 1.85. The fraction of sp³-hybridized carbons (Fsp3) is 0.333. The van der Waals surface area contributed by atoms with Crippen LogP contribution < -0.4 is 14.8 Å². The first-order chi connectivity index (χ1) is 10.2. The van der Waals surface area contributed by atoms with E-state index in [0.717, 1.165) is 44.0 Å². The summed E-state index contributed by atoms with van der Waals surface area (Å²) in [7, 11) is 1.66. The maximum atomic E-state index is 5.93. The van der Waals surface area contributed by atoms with Crippen molar-refractivity contribution in [2.45, 2.75) is 20.1 Å². The Hall–Kier alpha value is -0.560. The van der Waals surface area contributed by atoms with Crippen molar-refractivity contribution >= 4 is 43.2 Å². The van der Waals surface area contributed by atoms with Gasteiger partial charge in [-0.15, -0.1) is 11.3 Å². The summed E-state index contributed by atoms with van der Waals surface area (Å²) < 4.78 is 13.4. The average Bonchev–Trinajstić information content (AvgIpc) is 2.88. The Balaban J connectivity index is 2.16. The first kappa shape index (κ1) is 16.8. The number of methoxy groups -OCH3 is 1. The zero-order chi connectivity index (χ0) is 15.2. The Morgan fingerprint density at radius 2 is 2.05 bits per heavy atom. The van der Waals surface area contributed by atoms with Gasteiger partial charge in [0.05, 0.1) is 16.5 Å². The van der Waals surface area contributed by atoms with Crippen LogP contribution in [0.15, 0.2) is 32.5 Å². The number of benzene rings is 1. The smallest absolute Gasteiger partial charge is 0.175 e. The lowest BCUT2D eigenvalue weighted by molar-refractivity contribution is 0.284. The Kier molecular flexibility index (Phi) is 6.54. The van der Waals surface area contributed by atoms with Crippen molar-refractivity contribution in [3.63, 3.8) is 0 Å². The van der Waals surface area contributed by atoms with E-state index in [1.165, 1.54) is 0 Å². The molecule has 6 heteroatoms. The van der Waals surface area contributed by atoms with Gasteiger partial charge < -0.3 is 14.8 Å². The lowest BCUT2D eigenvalue weighted by Crippen LogP contribution is -2.12. The molecule has 1 aromatic carbocycles. The minimum absolute atomic E-state index is 0.514. The summed E-state index contributed by atoms with van der Waals surface area (Å²) in [5.41, 5.74) is 1.16. The van der Waals surface area contributed by atoms with E-state index in [1.807, 2.05) is 17.5 Å². The third kappa shape index (κ3) is 4.45. The van der Waals surface area contributed by atoms with Crippen molar-refractivity contribution < 1.29 is 9.47 Å². The zero-order valence-electron chi connectivity index (χ0n) is 11.9. The first-order valence-electron chi connectivity index (χ1n) is 6.57. The molecule has 0 unspecified atom stereocenters. The molecule has 2 aromatic rings. The van der Waals surface area contributed by atoms with Crippen LogP contribution >= 0.6 is 43.2 Å². The average molecular weight is 435 g/mol. The molecule has 0 aliphatic carbocycles. The SMILES string of the molecule is CCNCc1cc(Br)c(OCc2sccc2Br)c(OC)c1. The summed E-state index contributed by atoms with van der Waals surface area (Å²) >= 11 is 8.75. The highest BCUT2D eigenvalue weighted by atomic mass is 79.9. The predicted octanol–water partition coefficient (Wildman–Crippen LogP) is 4.97. The number of hydrogen-bond donors (Lipinski definition) is 1. The number of halogens is 2. The van der Waals surface area contributed by atoms with E-state index in [4.69, 9.17) is 9.47 Å². The van der Waals surface area contributed by atoms with Crippen molar-refractivity contribution in [1.29, 1.82) is 0 Å². The molecule has 1 aromatic heterocycles. The van der Waals surface area contributed by atoms with Crippen LogP contribution in [0, 0.1) is 0 Å². The summed E-state index contributed by atoms with van der Waals surface area (Å²) in [5.74, 6) is 1.48. The quantitative estimate of drug-likeness (QED) is 0.667. The highest BCUT2D eigenvalue weighted by molar-refractivity contribution is 9.10. The van der Waals surface area contributed by atoms with Crippen LogP contribution in [0.4, 0.5) is 0 Å². The van der Waals surface area contributed by atoms with E-state index in [9.17, 15) is 0 Å². The molecule has 0 aliphatic rings. The molecule has 0 aliphatic heterocycles. The molecule has 21 heavy (non-hydrogen) atoms.